The molecule has 5 aliphatic carbocycles. The number of fused-ring (bicyclic) bond motifs is 4. The molecule has 6 rings (SSSR count). The lowest BCUT2D eigenvalue weighted by molar-refractivity contribution is -0.190. The largest absolute Gasteiger partial charge is 0.438 e. The van der Waals surface area contributed by atoms with E-state index in [0.717, 1.165) is 24.8 Å². The number of hydrogen-bond donors (Lipinski definition) is 4. The highest BCUT2D eigenvalue weighted by Crippen LogP contribution is 2.71. The van der Waals surface area contributed by atoms with Gasteiger partial charge in [0.1, 0.15) is 6.10 Å². The molecule has 0 heterocycles. The molecule has 7 nitrogen and oxygen atoms in total. The van der Waals surface area contributed by atoms with Gasteiger partial charge in [0.15, 0.2) is 17.5 Å². The average Bonchev–Trinajstić information content (AvgIpc) is 3.12. The van der Waals surface area contributed by atoms with Gasteiger partial charge in [-0.25, -0.2) is 4.79 Å². The lowest BCUT2D eigenvalue weighted by Gasteiger charge is -2.48. The molecule has 2 saturated carbocycles. The molecule has 1 spiro atoms. The van der Waals surface area contributed by atoms with Gasteiger partial charge in [-0.15, -0.1) is 0 Å². The zero-order valence-electron chi connectivity index (χ0n) is 21.9. The van der Waals surface area contributed by atoms with Crippen LogP contribution in [0, 0.1) is 34.5 Å². The van der Waals surface area contributed by atoms with Gasteiger partial charge in [0, 0.05) is 5.92 Å². The molecule has 2 fully saturated rings. The Labute approximate surface area is 217 Å². The third-order valence-electron chi connectivity index (χ3n) is 10.5. The standard InChI is InChI=1S/C30H37NO6/c1-15-13-29-16(2)11-21-23(28(21,3)4)20(25(29)34)12-18(14-32)24(33)30(29,36)26(15)37-27(35)31-22-10-9-17-7-5-6-8-19(17)22/h5-8,12-13,16,20-24,26,32-33,36H,9-11,14H2,1-4H3,(H,31,35)/t16-,20+,21-,22?,23+,24-,26+,29+,30+/m1/s1. The molecule has 2 bridgehead atoms. The van der Waals surface area contributed by atoms with E-state index in [1.54, 1.807) is 19.1 Å². The molecular formula is C30H37NO6. The molecule has 0 aliphatic heterocycles. The number of aliphatic hydroxyl groups is 3. The van der Waals surface area contributed by atoms with Crippen molar-refractivity contribution in [1.82, 2.24) is 5.32 Å². The van der Waals surface area contributed by atoms with Gasteiger partial charge in [0.25, 0.3) is 0 Å². The highest BCUT2D eigenvalue weighted by molar-refractivity contribution is 5.95. The number of alkyl carbamates (subject to hydrolysis) is 1. The molecule has 198 valence electrons. The summed E-state index contributed by atoms with van der Waals surface area (Å²) in [5.74, 6) is -0.594. The number of aliphatic hydroxyl groups excluding tert-OH is 2. The summed E-state index contributed by atoms with van der Waals surface area (Å²) < 4.78 is 5.91. The summed E-state index contributed by atoms with van der Waals surface area (Å²) in [6, 6.07) is 7.74. The maximum absolute atomic E-state index is 14.4. The molecule has 5 aliphatic rings. The molecule has 0 saturated heterocycles. The molecule has 0 radical (unpaired) electrons. The summed E-state index contributed by atoms with van der Waals surface area (Å²) in [5, 5.41) is 37.2. The molecule has 9 atom stereocenters. The van der Waals surface area contributed by atoms with Crippen LogP contribution in [0.2, 0.25) is 0 Å². The number of allylic oxidation sites excluding steroid dienone is 1. The SMILES string of the molecule is CC1=C[C@]23C(=O)[C@@H](C=C(CO)[C@@H](O)[C@]2(O)[C@H]1OC(=O)NC1CCc2ccccc21)[C@H]1[C@@H](C[C@H]3C)C1(C)C. The number of ketones is 1. The molecule has 1 aromatic carbocycles. The molecular weight excluding hydrogens is 470 g/mol. The zero-order valence-corrected chi connectivity index (χ0v) is 21.9. The van der Waals surface area contributed by atoms with Crippen LogP contribution < -0.4 is 5.32 Å². The number of nitrogens with one attached hydrogen (secondary N) is 1. The Morgan fingerprint density at radius 3 is 2.70 bits per heavy atom. The second kappa shape index (κ2) is 8.01. The fourth-order valence-corrected chi connectivity index (χ4v) is 8.58. The first kappa shape index (κ1) is 24.8. The molecule has 1 amide bonds. The molecule has 1 aromatic rings. The minimum absolute atomic E-state index is 0.0363. The van der Waals surface area contributed by atoms with E-state index in [4.69, 9.17) is 4.74 Å². The maximum atomic E-state index is 14.4. The number of carbonyl (C=O) groups excluding carboxylic acids is 2. The van der Waals surface area contributed by atoms with Crippen LogP contribution in [-0.4, -0.2) is 51.6 Å². The van der Waals surface area contributed by atoms with Crippen LogP contribution in [0.5, 0.6) is 0 Å². The summed E-state index contributed by atoms with van der Waals surface area (Å²) in [5.41, 5.74) is -0.608. The van der Waals surface area contributed by atoms with Gasteiger partial charge in [0.2, 0.25) is 0 Å². The number of hydrogen-bond acceptors (Lipinski definition) is 6. The Morgan fingerprint density at radius 1 is 1.24 bits per heavy atom. The summed E-state index contributed by atoms with van der Waals surface area (Å²) >= 11 is 0. The van der Waals surface area contributed by atoms with Crippen LogP contribution in [0.4, 0.5) is 4.79 Å². The Kier molecular flexibility index (Phi) is 5.38. The van der Waals surface area contributed by atoms with E-state index in [1.165, 1.54) is 5.56 Å². The van der Waals surface area contributed by atoms with Crippen LogP contribution in [-0.2, 0) is 16.0 Å². The first-order valence-corrected chi connectivity index (χ1v) is 13.5. The van der Waals surface area contributed by atoms with Crippen molar-refractivity contribution < 1.29 is 29.6 Å². The predicted molar refractivity (Wildman–Crippen MR) is 136 cm³/mol. The van der Waals surface area contributed by atoms with Crippen molar-refractivity contribution in [2.45, 2.75) is 70.8 Å². The smallest absolute Gasteiger partial charge is 0.408 e. The number of benzene rings is 1. The van der Waals surface area contributed by atoms with Gasteiger partial charge in [0.05, 0.1) is 18.1 Å². The zero-order chi connectivity index (χ0) is 26.5. The average molecular weight is 508 g/mol. The summed E-state index contributed by atoms with van der Waals surface area (Å²) in [4.78, 5) is 27.6. The molecule has 0 aromatic heterocycles. The van der Waals surface area contributed by atoms with Gasteiger partial charge in [-0.2, -0.15) is 0 Å². The van der Waals surface area contributed by atoms with E-state index >= 15 is 0 Å². The van der Waals surface area contributed by atoms with Gasteiger partial charge in [-0.3, -0.25) is 4.79 Å². The minimum Gasteiger partial charge on any atom is -0.438 e. The first-order chi connectivity index (χ1) is 17.5. The summed E-state index contributed by atoms with van der Waals surface area (Å²) in [6.07, 6.45) is 2.26. The van der Waals surface area contributed by atoms with Gasteiger partial charge < -0.3 is 25.4 Å². The lowest BCUT2D eigenvalue weighted by Crippen LogP contribution is -2.66. The predicted octanol–water partition coefficient (Wildman–Crippen LogP) is 3.24. The Morgan fingerprint density at radius 2 is 1.97 bits per heavy atom. The van der Waals surface area contributed by atoms with Crippen LogP contribution in [0.15, 0.2) is 47.6 Å². The van der Waals surface area contributed by atoms with Crippen molar-refractivity contribution in [3.63, 3.8) is 0 Å². The highest BCUT2D eigenvalue weighted by Gasteiger charge is 2.76. The molecule has 37 heavy (non-hydrogen) atoms. The number of carbonyl (C=O) groups is 2. The van der Waals surface area contributed by atoms with Crippen molar-refractivity contribution in [3.05, 3.63) is 58.7 Å². The Balaban J connectivity index is 1.36. The van der Waals surface area contributed by atoms with E-state index in [2.05, 4.69) is 19.2 Å². The Hall–Kier alpha value is -2.48. The summed E-state index contributed by atoms with van der Waals surface area (Å²) in [7, 11) is 0. The highest BCUT2D eigenvalue weighted by atomic mass is 16.6. The first-order valence-electron chi connectivity index (χ1n) is 13.5. The number of Topliss-reactive ketones (excluding diaryl/α,β-unsaturated/α-hetero) is 1. The van der Waals surface area contributed by atoms with Crippen LogP contribution >= 0.6 is 0 Å². The van der Waals surface area contributed by atoms with E-state index in [1.807, 2.05) is 31.2 Å². The topological polar surface area (TPSA) is 116 Å². The lowest BCUT2D eigenvalue weighted by atomic mass is 9.59. The number of aryl methyl sites for hydroxylation is 1. The van der Waals surface area contributed by atoms with Gasteiger partial charge in [-0.1, -0.05) is 57.2 Å². The van der Waals surface area contributed by atoms with Gasteiger partial charge >= 0.3 is 6.09 Å². The maximum Gasteiger partial charge on any atom is 0.408 e. The van der Waals surface area contributed by atoms with E-state index in [-0.39, 0.29) is 34.6 Å². The third kappa shape index (κ3) is 3.11. The van der Waals surface area contributed by atoms with Crippen molar-refractivity contribution in [2.24, 2.45) is 34.5 Å². The minimum atomic E-state index is -2.12. The normalized spacial score (nSPS) is 42.9. The van der Waals surface area contributed by atoms with Crippen molar-refractivity contribution in [1.29, 1.82) is 0 Å². The molecule has 7 heteroatoms. The van der Waals surface area contributed by atoms with E-state index < -0.39 is 41.8 Å². The fraction of sp³-hybridized carbons (Fsp3) is 0.600. The number of amides is 1. The quantitative estimate of drug-likeness (QED) is 0.467. The van der Waals surface area contributed by atoms with Crippen molar-refractivity contribution >= 4 is 11.9 Å². The van der Waals surface area contributed by atoms with Crippen LogP contribution in [0.3, 0.4) is 0 Å². The second-order valence-corrected chi connectivity index (χ2v) is 12.6. The monoisotopic (exact) mass is 507 g/mol. The van der Waals surface area contributed by atoms with Crippen LogP contribution in [0.25, 0.3) is 0 Å². The van der Waals surface area contributed by atoms with E-state index in [9.17, 15) is 24.9 Å². The number of rotatable bonds is 3. The third-order valence-corrected chi connectivity index (χ3v) is 10.5. The Bertz CT molecular complexity index is 1230. The second-order valence-electron chi connectivity index (χ2n) is 12.6. The van der Waals surface area contributed by atoms with Crippen LogP contribution in [0.1, 0.15) is 57.7 Å². The molecule has 1 unspecified atom stereocenters. The fourth-order valence-electron chi connectivity index (χ4n) is 8.58. The number of ether oxygens (including phenoxy) is 1. The summed E-state index contributed by atoms with van der Waals surface area (Å²) in [6.45, 7) is 7.52. The van der Waals surface area contributed by atoms with Crippen molar-refractivity contribution in [2.75, 3.05) is 6.61 Å². The van der Waals surface area contributed by atoms with Crippen molar-refractivity contribution in [3.8, 4) is 0 Å². The van der Waals surface area contributed by atoms with E-state index in [0.29, 0.717) is 11.5 Å². The molecule has 4 N–H and O–H groups in total. The van der Waals surface area contributed by atoms with Gasteiger partial charge in [-0.05, 0) is 71.6 Å².